The van der Waals surface area contributed by atoms with Crippen molar-refractivity contribution in [1.82, 2.24) is 15.1 Å². The van der Waals surface area contributed by atoms with Gasteiger partial charge in [0.25, 0.3) is 0 Å². The van der Waals surface area contributed by atoms with Crippen LogP contribution >= 0.6 is 0 Å². The molecule has 90 valence electrons. The average molecular weight is 213 g/mol. The van der Waals surface area contributed by atoms with Crippen LogP contribution in [-0.2, 0) is 0 Å². The molecule has 0 spiro atoms. The van der Waals surface area contributed by atoms with Gasteiger partial charge in [-0.1, -0.05) is 6.92 Å². The third kappa shape index (κ3) is 3.74. The van der Waals surface area contributed by atoms with E-state index >= 15 is 0 Å². The first-order valence-corrected chi connectivity index (χ1v) is 6.28. The maximum atomic E-state index is 3.24. The van der Waals surface area contributed by atoms with Gasteiger partial charge in [0.2, 0.25) is 0 Å². The van der Waals surface area contributed by atoms with E-state index in [0.29, 0.717) is 6.04 Å². The fourth-order valence-electron chi connectivity index (χ4n) is 2.48. The van der Waals surface area contributed by atoms with Crippen molar-refractivity contribution in [3.8, 4) is 0 Å². The molecular formula is C12H27N3. The first-order chi connectivity index (χ1) is 7.19. The topological polar surface area (TPSA) is 18.5 Å². The Bertz CT molecular complexity index is 172. The van der Waals surface area contributed by atoms with Crippen molar-refractivity contribution in [3.05, 3.63) is 0 Å². The molecule has 0 amide bonds. The van der Waals surface area contributed by atoms with Crippen molar-refractivity contribution in [1.29, 1.82) is 0 Å². The Morgan fingerprint density at radius 3 is 2.87 bits per heavy atom. The summed E-state index contributed by atoms with van der Waals surface area (Å²) >= 11 is 0. The Balaban J connectivity index is 2.33. The molecule has 0 bridgehead atoms. The summed E-state index contributed by atoms with van der Waals surface area (Å²) in [6, 6.07) is 1.42. The highest BCUT2D eigenvalue weighted by Gasteiger charge is 2.24. The number of nitrogens with zero attached hydrogens (tertiary/aromatic N) is 2. The Morgan fingerprint density at radius 2 is 2.27 bits per heavy atom. The van der Waals surface area contributed by atoms with Crippen molar-refractivity contribution >= 4 is 0 Å². The number of hydrogen-bond acceptors (Lipinski definition) is 3. The van der Waals surface area contributed by atoms with Gasteiger partial charge in [-0.2, -0.15) is 0 Å². The van der Waals surface area contributed by atoms with Gasteiger partial charge in [-0.3, -0.25) is 4.90 Å². The molecule has 0 saturated carbocycles. The molecule has 15 heavy (non-hydrogen) atoms. The lowest BCUT2D eigenvalue weighted by Crippen LogP contribution is -2.44. The second-order valence-electron chi connectivity index (χ2n) is 4.77. The summed E-state index contributed by atoms with van der Waals surface area (Å²) < 4.78 is 0. The zero-order chi connectivity index (χ0) is 11.3. The van der Waals surface area contributed by atoms with Crippen molar-refractivity contribution in [2.24, 2.45) is 0 Å². The van der Waals surface area contributed by atoms with Crippen molar-refractivity contribution in [2.45, 2.75) is 38.8 Å². The Kier molecular flexibility index (Phi) is 5.58. The summed E-state index contributed by atoms with van der Waals surface area (Å²) in [4.78, 5) is 5.09. The first-order valence-electron chi connectivity index (χ1n) is 6.28. The molecule has 1 fully saturated rings. The van der Waals surface area contributed by atoms with E-state index in [9.17, 15) is 0 Å². The van der Waals surface area contributed by atoms with Gasteiger partial charge in [0.05, 0.1) is 0 Å². The molecule has 1 rings (SSSR count). The number of likely N-dealkylation sites (tertiary alicyclic amines) is 1. The lowest BCUT2D eigenvalue weighted by Gasteiger charge is -2.31. The van der Waals surface area contributed by atoms with Crippen LogP contribution < -0.4 is 5.32 Å². The molecule has 1 heterocycles. The van der Waals surface area contributed by atoms with Crippen molar-refractivity contribution in [3.63, 3.8) is 0 Å². The third-order valence-electron chi connectivity index (χ3n) is 3.66. The molecule has 1 aliphatic heterocycles. The molecule has 0 aromatic heterocycles. The minimum Gasteiger partial charge on any atom is -0.318 e. The van der Waals surface area contributed by atoms with Crippen LogP contribution in [0, 0.1) is 0 Å². The lowest BCUT2D eigenvalue weighted by atomic mass is 10.2. The summed E-state index contributed by atoms with van der Waals surface area (Å²) in [5, 5.41) is 3.24. The molecule has 3 nitrogen and oxygen atoms in total. The Hall–Kier alpha value is -0.120. The third-order valence-corrected chi connectivity index (χ3v) is 3.66. The van der Waals surface area contributed by atoms with E-state index in [1.54, 1.807) is 0 Å². The molecule has 1 aliphatic rings. The fraction of sp³-hybridized carbons (Fsp3) is 1.00. The zero-order valence-corrected chi connectivity index (χ0v) is 10.8. The first kappa shape index (κ1) is 12.9. The molecule has 3 heteroatoms. The van der Waals surface area contributed by atoms with E-state index < -0.39 is 0 Å². The van der Waals surface area contributed by atoms with Crippen LogP contribution in [0.3, 0.4) is 0 Å². The molecule has 1 N–H and O–H groups in total. The van der Waals surface area contributed by atoms with E-state index in [1.807, 2.05) is 7.05 Å². The van der Waals surface area contributed by atoms with Crippen LogP contribution in [-0.4, -0.2) is 62.2 Å². The van der Waals surface area contributed by atoms with Crippen LogP contribution in [0.2, 0.25) is 0 Å². The fourth-order valence-corrected chi connectivity index (χ4v) is 2.48. The second-order valence-corrected chi connectivity index (χ2v) is 4.77. The predicted molar refractivity (Wildman–Crippen MR) is 66.3 cm³/mol. The maximum absolute atomic E-state index is 3.24. The van der Waals surface area contributed by atoms with Crippen LogP contribution in [0.15, 0.2) is 0 Å². The van der Waals surface area contributed by atoms with E-state index in [4.69, 9.17) is 0 Å². The Labute approximate surface area is 94.8 Å². The van der Waals surface area contributed by atoms with Crippen LogP contribution in [0.4, 0.5) is 0 Å². The largest absolute Gasteiger partial charge is 0.318 e. The highest BCUT2D eigenvalue weighted by atomic mass is 15.2. The standard InChI is InChI=1S/C12H27N3/c1-5-15-8-6-7-12(15)10-14(4)11(2)9-13-3/h11-13H,5-10H2,1-4H3. The monoisotopic (exact) mass is 213 g/mol. The minimum atomic E-state index is 0.634. The molecule has 1 saturated heterocycles. The van der Waals surface area contributed by atoms with Gasteiger partial charge < -0.3 is 10.2 Å². The maximum Gasteiger partial charge on any atom is 0.0223 e. The normalized spacial score (nSPS) is 25.0. The minimum absolute atomic E-state index is 0.634. The van der Waals surface area contributed by atoms with E-state index in [0.717, 1.165) is 12.6 Å². The summed E-state index contributed by atoms with van der Waals surface area (Å²) in [5.74, 6) is 0. The summed E-state index contributed by atoms with van der Waals surface area (Å²) in [6.45, 7) is 9.37. The summed E-state index contributed by atoms with van der Waals surface area (Å²) in [6.07, 6.45) is 2.76. The molecule has 0 radical (unpaired) electrons. The van der Waals surface area contributed by atoms with Gasteiger partial charge in [0.15, 0.2) is 0 Å². The smallest absolute Gasteiger partial charge is 0.0223 e. The summed E-state index contributed by atoms with van der Waals surface area (Å²) in [5.41, 5.74) is 0. The number of rotatable bonds is 6. The molecule has 2 unspecified atom stereocenters. The summed E-state index contributed by atoms with van der Waals surface area (Å²) in [7, 11) is 4.27. The molecular weight excluding hydrogens is 186 g/mol. The van der Waals surface area contributed by atoms with E-state index in [1.165, 1.54) is 32.5 Å². The van der Waals surface area contributed by atoms with E-state index in [-0.39, 0.29) is 0 Å². The van der Waals surface area contributed by atoms with E-state index in [2.05, 4.69) is 36.0 Å². The van der Waals surface area contributed by atoms with Crippen LogP contribution in [0.1, 0.15) is 26.7 Å². The second kappa shape index (κ2) is 6.46. The SMILES string of the molecule is CCN1CCCC1CN(C)C(C)CNC. The van der Waals surface area contributed by atoms with Gasteiger partial charge in [0, 0.05) is 25.2 Å². The van der Waals surface area contributed by atoms with Gasteiger partial charge in [-0.15, -0.1) is 0 Å². The lowest BCUT2D eigenvalue weighted by molar-refractivity contribution is 0.169. The number of nitrogens with one attached hydrogen (secondary N) is 1. The molecule has 0 aromatic carbocycles. The van der Waals surface area contributed by atoms with Crippen LogP contribution in [0.25, 0.3) is 0 Å². The van der Waals surface area contributed by atoms with Crippen molar-refractivity contribution < 1.29 is 0 Å². The predicted octanol–water partition coefficient (Wildman–Crippen LogP) is 1.01. The number of hydrogen-bond donors (Lipinski definition) is 1. The quantitative estimate of drug-likeness (QED) is 0.710. The Morgan fingerprint density at radius 1 is 1.53 bits per heavy atom. The van der Waals surface area contributed by atoms with Gasteiger partial charge in [-0.25, -0.2) is 0 Å². The molecule has 0 aliphatic carbocycles. The number of likely N-dealkylation sites (N-methyl/N-ethyl adjacent to an activating group) is 3. The highest BCUT2D eigenvalue weighted by molar-refractivity contribution is 4.82. The van der Waals surface area contributed by atoms with Gasteiger partial charge >= 0.3 is 0 Å². The average Bonchev–Trinajstić information content (AvgIpc) is 2.65. The van der Waals surface area contributed by atoms with Crippen LogP contribution in [0.5, 0.6) is 0 Å². The highest BCUT2D eigenvalue weighted by Crippen LogP contribution is 2.17. The molecule has 2 atom stereocenters. The van der Waals surface area contributed by atoms with Gasteiger partial charge in [-0.05, 0) is 47.0 Å². The van der Waals surface area contributed by atoms with Gasteiger partial charge in [0.1, 0.15) is 0 Å². The zero-order valence-electron chi connectivity index (χ0n) is 10.8. The van der Waals surface area contributed by atoms with Crippen molar-refractivity contribution in [2.75, 3.05) is 40.3 Å². The molecule has 0 aromatic rings.